The van der Waals surface area contributed by atoms with E-state index in [0.717, 1.165) is 24.5 Å². The molecule has 3 rings (SSSR count). The van der Waals surface area contributed by atoms with Crippen molar-refractivity contribution in [3.63, 3.8) is 0 Å². The summed E-state index contributed by atoms with van der Waals surface area (Å²) in [5, 5.41) is 4.43. The molecule has 1 aromatic heterocycles. The fourth-order valence-electron chi connectivity index (χ4n) is 3.24. The van der Waals surface area contributed by atoms with Crippen molar-refractivity contribution in [3.8, 4) is 5.75 Å². The minimum atomic E-state index is -0.449. The Morgan fingerprint density at radius 1 is 1.38 bits per heavy atom. The predicted octanol–water partition coefficient (Wildman–Crippen LogP) is 2.52. The van der Waals surface area contributed by atoms with Crippen molar-refractivity contribution in [1.29, 1.82) is 0 Å². The first-order valence-corrected chi connectivity index (χ1v) is 8.02. The number of halogens is 1. The van der Waals surface area contributed by atoms with Crippen molar-refractivity contribution in [2.75, 3.05) is 20.2 Å². The van der Waals surface area contributed by atoms with E-state index in [9.17, 15) is 9.18 Å². The highest BCUT2D eigenvalue weighted by Crippen LogP contribution is 2.26. The molecule has 1 aromatic carbocycles. The lowest BCUT2D eigenvalue weighted by atomic mass is 10.0. The number of hydrogen-bond donors (Lipinski definition) is 0. The molecular formula is C17H21FN4O2. The Balaban J connectivity index is 1.83. The van der Waals surface area contributed by atoms with Gasteiger partial charge in [0.25, 0.3) is 5.91 Å². The van der Waals surface area contributed by atoms with Gasteiger partial charge < -0.3 is 9.64 Å². The third-order valence-corrected chi connectivity index (χ3v) is 4.33. The van der Waals surface area contributed by atoms with E-state index in [-0.39, 0.29) is 17.5 Å². The summed E-state index contributed by atoms with van der Waals surface area (Å²) in [7, 11) is 1.48. The number of aryl methyl sites for hydroxylation is 2. The van der Waals surface area contributed by atoms with E-state index in [4.69, 9.17) is 4.74 Å². The molecule has 2 heterocycles. The zero-order valence-corrected chi connectivity index (χ0v) is 14.1. The van der Waals surface area contributed by atoms with E-state index in [2.05, 4.69) is 10.1 Å². The van der Waals surface area contributed by atoms with Gasteiger partial charge >= 0.3 is 0 Å². The number of carbonyl (C=O) groups excluding carboxylic acids is 1. The van der Waals surface area contributed by atoms with E-state index < -0.39 is 5.82 Å². The molecule has 0 bridgehead atoms. The number of hydrogen-bond acceptors (Lipinski definition) is 4. The molecule has 1 saturated heterocycles. The van der Waals surface area contributed by atoms with Crippen LogP contribution < -0.4 is 4.74 Å². The first-order valence-electron chi connectivity index (χ1n) is 8.02. The number of carbonyl (C=O) groups is 1. The highest BCUT2D eigenvalue weighted by molar-refractivity contribution is 5.97. The van der Waals surface area contributed by atoms with Gasteiger partial charge in [0.15, 0.2) is 0 Å². The number of ether oxygens (including phenoxy) is 1. The van der Waals surface area contributed by atoms with Crippen molar-refractivity contribution < 1.29 is 13.9 Å². The van der Waals surface area contributed by atoms with Gasteiger partial charge in [-0.1, -0.05) is 0 Å². The molecule has 1 atom stereocenters. The summed E-state index contributed by atoms with van der Waals surface area (Å²) in [5.41, 5.74) is 0.254. The summed E-state index contributed by atoms with van der Waals surface area (Å²) >= 11 is 0. The van der Waals surface area contributed by atoms with Gasteiger partial charge in [-0.2, -0.15) is 5.10 Å². The Kier molecular flexibility index (Phi) is 4.51. The van der Waals surface area contributed by atoms with Crippen molar-refractivity contribution in [1.82, 2.24) is 19.7 Å². The summed E-state index contributed by atoms with van der Waals surface area (Å²) in [6, 6.07) is 4.09. The average Bonchev–Trinajstić information content (AvgIpc) is 2.92. The molecule has 1 aliphatic heterocycles. The van der Waals surface area contributed by atoms with Crippen LogP contribution in [0.25, 0.3) is 0 Å². The highest BCUT2D eigenvalue weighted by Gasteiger charge is 2.28. The maximum absolute atomic E-state index is 13.6. The fraction of sp³-hybridized carbons (Fsp3) is 0.471. The van der Waals surface area contributed by atoms with Gasteiger partial charge in [-0.25, -0.2) is 14.1 Å². The lowest BCUT2D eigenvalue weighted by molar-refractivity contribution is 0.0667. The number of benzene rings is 1. The fourth-order valence-corrected chi connectivity index (χ4v) is 3.24. The number of methoxy groups -OCH3 is 1. The van der Waals surface area contributed by atoms with Crippen LogP contribution in [0.5, 0.6) is 5.75 Å². The number of piperidine rings is 1. The topological polar surface area (TPSA) is 60.2 Å². The molecule has 0 aliphatic carbocycles. The number of likely N-dealkylation sites (tertiary alicyclic amines) is 1. The monoisotopic (exact) mass is 332 g/mol. The van der Waals surface area contributed by atoms with Crippen LogP contribution in [0.1, 0.15) is 40.9 Å². The molecule has 1 aliphatic rings. The molecule has 0 saturated carbocycles. The quantitative estimate of drug-likeness (QED) is 0.866. The maximum Gasteiger partial charge on any atom is 0.257 e. The Morgan fingerprint density at radius 2 is 2.17 bits per heavy atom. The molecule has 0 spiro atoms. The Morgan fingerprint density at radius 3 is 2.83 bits per heavy atom. The van der Waals surface area contributed by atoms with Crippen molar-refractivity contribution in [2.24, 2.45) is 0 Å². The lowest BCUT2D eigenvalue weighted by Crippen LogP contribution is -2.41. The Bertz CT molecular complexity index is 759. The zero-order valence-electron chi connectivity index (χ0n) is 14.1. The number of nitrogens with zero attached hydrogens (tertiary/aromatic N) is 4. The van der Waals surface area contributed by atoms with E-state index >= 15 is 0 Å². The van der Waals surface area contributed by atoms with Crippen LogP contribution >= 0.6 is 0 Å². The molecule has 7 heteroatoms. The first-order chi connectivity index (χ1) is 11.5. The van der Waals surface area contributed by atoms with Crippen LogP contribution in [0.2, 0.25) is 0 Å². The first kappa shape index (κ1) is 16.4. The molecule has 1 fully saturated rings. The normalized spacial score (nSPS) is 17.8. The summed E-state index contributed by atoms with van der Waals surface area (Å²) in [6.07, 6.45) is 1.81. The number of amides is 1. The van der Waals surface area contributed by atoms with Crippen LogP contribution in [0, 0.1) is 19.7 Å². The SMILES string of the molecule is COc1ccc(F)cc1C(=O)N1CCCC(n2nc(C)nc2C)C1. The Labute approximate surface area is 140 Å². The lowest BCUT2D eigenvalue weighted by Gasteiger charge is -2.33. The molecule has 128 valence electrons. The van der Waals surface area contributed by atoms with Gasteiger partial charge in [-0.05, 0) is 44.9 Å². The zero-order chi connectivity index (χ0) is 17.3. The van der Waals surface area contributed by atoms with Gasteiger partial charge in [0.1, 0.15) is 23.2 Å². The molecule has 24 heavy (non-hydrogen) atoms. The molecule has 2 aromatic rings. The van der Waals surface area contributed by atoms with Crippen molar-refractivity contribution in [3.05, 3.63) is 41.2 Å². The average molecular weight is 332 g/mol. The molecule has 1 unspecified atom stereocenters. The summed E-state index contributed by atoms with van der Waals surface area (Å²) < 4.78 is 20.7. The van der Waals surface area contributed by atoms with Gasteiger partial charge in [-0.15, -0.1) is 0 Å². The minimum absolute atomic E-state index is 0.0865. The van der Waals surface area contributed by atoms with Crippen LogP contribution in [0.15, 0.2) is 18.2 Å². The molecule has 1 amide bonds. The maximum atomic E-state index is 13.6. The van der Waals surface area contributed by atoms with Crippen molar-refractivity contribution >= 4 is 5.91 Å². The number of rotatable bonds is 3. The summed E-state index contributed by atoms with van der Waals surface area (Å²) in [4.78, 5) is 18.9. The van der Waals surface area contributed by atoms with Gasteiger partial charge in [0, 0.05) is 13.1 Å². The van der Waals surface area contributed by atoms with Crippen LogP contribution in [-0.4, -0.2) is 45.8 Å². The molecular weight excluding hydrogens is 311 g/mol. The Hall–Kier alpha value is -2.44. The summed E-state index contributed by atoms with van der Waals surface area (Å²) in [6.45, 7) is 4.94. The van der Waals surface area contributed by atoms with E-state index in [0.29, 0.717) is 18.8 Å². The number of aromatic nitrogens is 3. The second kappa shape index (κ2) is 6.59. The van der Waals surface area contributed by atoms with Crippen LogP contribution in [0.3, 0.4) is 0 Å². The van der Waals surface area contributed by atoms with E-state index in [1.54, 1.807) is 4.90 Å². The molecule has 0 N–H and O–H groups in total. The molecule has 0 radical (unpaired) electrons. The highest BCUT2D eigenvalue weighted by atomic mass is 19.1. The smallest absolute Gasteiger partial charge is 0.257 e. The van der Waals surface area contributed by atoms with Crippen LogP contribution in [-0.2, 0) is 0 Å². The van der Waals surface area contributed by atoms with Gasteiger partial charge in [0.2, 0.25) is 0 Å². The molecule has 6 nitrogen and oxygen atoms in total. The largest absolute Gasteiger partial charge is 0.496 e. The standard InChI is InChI=1S/C17H21FN4O2/c1-11-19-12(2)22(20-11)14-5-4-8-21(10-14)17(23)15-9-13(18)6-7-16(15)24-3/h6-7,9,14H,4-5,8,10H2,1-3H3. The second-order valence-corrected chi connectivity index (χ2v) is 6.04. The predicted molar refractivity (Wildman–Crippen MR) is 86.6 cm³/mol. The third-order valence-electron chi connectivity index (χ3n) is 4.33. The van der Waals surface area contributed by atoms with Gasteiger partial charge in [0.05, 0.1) is 18.7 Å². The van der Waals surface area contributed by atoms with Crippen molar-refractivity contribution in [2.45, 2.75) is 32.7 Å². The van der Waals surface area contributed by atoms with Gasteiger partial charge in [-0.3, -0.25) is 4.79 Å². The van der Waals surface area contributed by atoms with E-state index in [1.165, 1.54) is 25.3 Å². The third kappa shape index (κ3) is 3.11. The second-order valence-electron chi connectivity index (χ2n) is 6.04. The summed E-state index contributed by atoms with van der Waals surface area (Å²) in [5.74, 6) is 1.29. The van der Waals surface area contributed by atoms with E-state index in [1.807, 2.05) is 18.5 Å². The van der Waals surface area contributed by atoms with Crippen LogP contribution in [0.4, 0.5) is 4.39 Å². The minimum Gasteiger partial charge on any atom is -0.496 e.